The van der Waals surface area contributed by atoms with Gasteiger partial charge in [0.2, 0.25) is 5.91 Å². The van der Waals surface area contributed by atoms with Crippen LogP contribution in [0.1, 0.15) is 18.4 Å². The zero-order valence-electron chi connectivity index (χ0n) is 11.1. The first-order valence-electron chi connectivity index (χ1n) is 6.04. The van der Waals surface area contributed by atoms with E-state index in [0.29, 0.717) is 13.0 Å². The molecule has 1 aromatic carbocycles. The number of rotatable bonds is 7. The summed E-state index contributed by atoms with van der Waals surface area (Å²) in [4.78, 5) is 21.8. The van der Waals surface area contributed by atoms with Gasteiger partial charge < -0.3 is 15.2 Å². The molecule has 2 N–H and O–H groups in total. The number of carbonyl (C=O) groups excluding carboxylic acids is 1. The van der Waals surface area contributed by atoms with Crippen LogP contribution in [-0.2, 0) is 9.59 Å². The van der Waals surface area contributed by atoms with Crippen LogP contribution in [0.3, 0.4) is 0 Å². The highest BCUT2D eigenvalue weighted by molar-refractivity contribution is 9.10. The van der Waals surface area contributed by atoms with E-state index in [1.807, 2.05) is 12.1 Å². The predicted molar refractivity (Wildman–Crippen MR) is 79.6 cm³/mol. The number of carbonyl (C=O) groups is 2. The minimum atomic E-state index is -0.863. The minimum Gasteiger partial charge on any atom is -0.496 e. The minimum absolute atomic E-state index is 0.0510. The van der Waals surface area contributed by atoms with Crippen LogP contribution in [0.15, 0.2) is 28.7 Å². The Kier molecular flexibility index (Phi) is 6.79. The Balaban J connectivity index is 2.45. The molecule has 6 heteroatoms. The highest BCUT2D eigenvalue weighted by Crippen LogP contribution is 2.25. The monoisotopic (exact) mass is 341 g/mol. The molecule has 0 saturated heterocycles. The van der Waals surface area contributed by atoms with Crippen molar-refractivity contribution in [2.45, 2.75) is 12.8 Å². The molecule has 5 nitrogen and oxygen atoms in total. The van der Waals surface area contributed by atoms with Gasteiger partial charge in [0.1, 0.15) is 5.75 Å². The van der Waals surface area contributed by atoms with Crippen LogP contribution < -0.4 is 10.1 Å². The van der Waals surface area contributed by atoms with Gasteiger partial charge in [0.25, 0.3) is 0 Å². The fraction of sp³-hybridized carbons (Fsp3) is 0.286. The van der Waals surface area contributed by atoms with Gasteiger partial charge in [0.15, 0.2) is 0 Å². The number of aliphatic carboxylic acids is 1. The van der Waals surface area contributed by atoms with Crippen LogP contribution in [0.25, 0.3) is 6.08 Å². The molecule has 0 spiro atoms. The lowest BCUT2D eigenvalue weighted by Gasteiger charge is -2.03. The van der Waals surface area contributed by atoms with Gasteiger partial charge in [0.05, 0.1) is 11.6 Å². The second-order valence-corrected chi connectivity index (χ2v) is 4.87. The Morgan fingerprint density at radius 1 is 1.45 bits per heavy atom. The van der Waals surface area contributed by atoms with Crippen LogP contribution in [0, 0.1) is 0 Å². The number of hydrogen-bond donors (Lipinski definition) is 2. The van der Waals surface area contributed by atoms with E-state index in [2.05, 4.69) is 21.2 Å². The lowest BCUT2D eigenvalue weighted by molar-refractivity contribution is -0.137. The zero-order chi connectivity index (χ0) is 15.0. The van der Waals surface area contributed by atoms with Gasteiger partial charge in [-0.1, -0.05) is 6.07 Å². The van der Waals surface area contributed by atoms with Crippen molar-refractivity contribution in [3.8, 4) is 5.75 Å². The second-order valence-electron chi connectivity index (χ2n) is 4.02. The van der Waals surface area contributed by atoms with E-state index in [1.165, 1.54) is 6.08 Å². The first-order valence-corrected chi connectivity index (χ1v) is 6.83. The molecular weight excluding hydrogens is 326 g/mol. The molecule has 0 bridgehead atoms. The first kappa shape index (κ1) is 16.2. The number of nitrogens with one attached hydrogen (secondary N) is 1. The highest BCUT2D eigenvalue weighted by atomic mass is 79.9. The third-order valence-electron chi connectivity index (χ3n) is 2.47. The predicted octanol–water partition coefficient (Wildman–Crippen LogP) is 2.45. The molecular formula is C14H16BrNO4. The van der Waals surface area contributed by atoms with E-state index in [9.17, 15) is 9.59 Å². The second kappa shape index (κ2) is 8.37. The van der Waals surface area contributed by atoms with E-state index in [-0.39, 0.29) is 12.3 Å². The summed E-state index contributed by atoms with van der Waals surface area (Å²) in [5.41, 5.74) is 0.860. The number of halogens is 1. The van der Waals surface area contributed by atoms with E-state index >= 15 is 0 Å². The fourth-order valence-electron chi connectivity index (χ4n) is 1.47. The van der Waals surface area contributed by atoms with Crippen molar-refractivity contribution in [1.29, 1.82) is 0 Å². The lowest BCUT2D eigenvalue weighted by Crippen LogP contribution is -2.22. The van der Waals surface area contributed by atoms with Gasteiger partial charge in [-0.15, -0.1) is 0 Å². The van der Waals surface area contributed by atoms with Gasteiger partial charge >= 0.3 is 5.97 Å². The summed E-state index contributed by atoms with van der Waals surface area (Å²) < 4.78 is 5.92. The molecule has 0 aliphatic carbocycles. The Morgan fingerprint density at radius 2 is 2.20 bits per heavy atom. The maximum absolute atomic E-state index is 11.5. The normalized spacial score (nSPS) is 10.5. The standard InChI is InChI=1S/C14H16BrNO4/c1-20-12-6-4-10(9-11(12)15)5-7-13(17)16-8-2-3-14(18)19/h4-7,9H,2-3,8H2,1H3,(H,16,17)(H,18,19)/b7-5+. The molecule has 0 aliphatic heterocycles. The summed E-state index contributed by atoms with van der Waals surface area (Å²) >= 11 is 3.36. The Morgan fingerprint density at radius 3 is 2.80 bits per heavy atom. The van der Waals surface area contributed by atoms with Crippen molar-refractivity contribution in [2.24, 2.45) is 0 Å². The topological polar surface area (TPSA) is 75.6 Å². The fourth-order valence-corrected chi connectivity index (χ4v) is 2.03. The van der Waals surface area contributed by atoms with Crippen molar-refractivity contribution in [3.63, 3.8) is 0 Å². The van der Waals surface area contributed by atoms with Crippen molar-refractivity contribution in [1.82, 2.24) is 5.32 Å². The van der Waals surface area contributed by atoms with Crippen LogP contribution in [0.5, 0.6) is 5.75 Å². The summed E-state index contributed by atoms with van der Waals surface area (Å²) in [6.45, 7) is 0.349. The summed E-state index contributed by atoms with van der Waals surface area (Å²) in [7, 11) is 1.58. The van der Waals surface area contributed by atoms with Crippen molar-refractivity contribution < 1.29 is 19.4 Å². The summed E-state index contributed by atoms with van der Waals surface area (Å²) in [6, 6.07) is 5.47. The Bertz CT molecular complexity index is 514. The quantitative estimate of drug-likeness (QED) is 0.590. The van der Waals surface area contributed by atoms with Crippen LogP contribution in [0.2, 0.25) is 0 Å². The van der Waals surface area contributed by atoms with Gasteiger partial charge in [-0.25, -0.2) is 0 Å². The molecule has 0 aromatic heterocycles. The highest BCUT2D eigenvalue weighted by Gasteiger charge is 2.01. The number of amides is 1. The van der Waals surface area contributed by atoms with Gasteiger partial charge in [-0.3, -0.25) is 9.59 Å². The summed E-state index contributed by atoms with van der Waals surface area (Å²) in [5, 5.41) is 11.1. The SMILES string of the molecule is COc1ccc(/C=C/C(=O)NCCCC(=O)O)cc1Br. The number of hydrogen-bond acceptors (Lipinski definition) is 3. The molecule has 0 saturated carbocycles. The third-order valence-corrected chi connectivity index (χ3v) is 3.09. The molecule has 1 rings (SSSR count). The Labute approximate surface area is 125 Å². The van der Waals surface area contributed by atoms with Crippen LogP contribution in [0.4, 0.5) is 0 Å². The lowest BCUT2D eigenvalue weighted by atomic mass is 10.2. The van der Waals surface area contributed by atoms with Crippen molar-refractivity contribution >= 4 is 33.9 Å². The Hall–Kier alpha value is -1.82. The number of carboxylic acid groups (broad SMARTS) is 1. The number of ether oxygens (including phenoxy) is 1. The summed E-state index contributed by atoms with van der Waals surface area (Å²) in [6.07, 6.45) is 3.56. The molecule has 0 atom stereocenters. The van der Waals surface area contributed by atoms with Crippen molar-refractivity contribution in [2.75, 3.05) is 13.7 Å². The van der Waals surface area contributed by atoms with E-state index in [0.717, 1.165) is 15.8 Å². The zero-order valence-corrected chi connectivity index (χ0v) is 12.6. The molecule has 1 aromatic rings. The molecule has 0 radical (unpaired) electrons. The average Bonchev–Trinajstić information content (AvgIpc) is 2.41. The molecule has 0 unspecified atom stereocenters. The molecule has 0 aliphatic rings. The largest absolute Gasteiger partial charge is 0.496 e. The maximum atomic E-state index is 11.5. The number of methoxy groups -OCH3 is 1. The number of benzene rings is 1. The third kappa shape index (κ3) is 5.88. The molecule has 0 fully saturated rings. The van der Waals surface area contributed by atoms with E-state index in [4.69, 9.17) is 9.84 Å². The van der Waals surface area contributed by atoms with Gasteiger partial charge in [-0.2, -0.15) is 0 Å². The smallest absolute Gasteiger partial charge is 0.303 e. The maximum Gasteiger partial charge on any atom is 0.303 e. The van der Waals surface area contributed by atoms with E-state index < -0.39 is 5.97 Å². The molecule has 20 heavy (non-hydrogen) atoms. The van der Waals surface area contributed by atoms with Crippen molar-refractivity contribution in [3.05, 3.63) is 34.3 Å². The van der Waals surface area contributed by atoms with Gasteiger partial charge in [-0.05, 0) is 46.1 Å². The van der Waals surface area contributed by atoms with E-state index in [1.54, 1.807) is 19.3 Å². The average molecular weight is 342 g/mol. The molecule has 0 heterocycles. The summed E-state index contributed by atoms with van der Waals surface area (Å²) in [5.74, 6) is -0.388. The first-order chi connectivity index (χ1) is 9.52. The molecule has 108 valence electrons. The van der Waals surface area contributed by atoms with Crippen LogP contribution in [-0.4, -0.2) is 30.6 Å². The molecule has 1 amide bonds. The van der Waals surface area contributed by atoms with Gasteiger partial charge in [0, 0.05) is 19.0 Å². The van der Waals surface area contributed by atoms with Crippen LogP contribution >= 0.6 is 15.9 Å². The number of carboxylic acids is 1.